The number of hydrogen-bond acceptors (Lipinski definition) is 3. The van der Waals surface area contributed by atoms with E-state index in [-0.39, 0.29) is 0 Å². The second kappa shape index (κ2) is 4.55. The molecule has 3 heteroatoms. The molecule has 21 heavy (non-hydrogen) atoms. The Morgan fingerprint density at radius 1 is 1.00 bits per heavy atom. The molecule has 0 saturated carbocycles. The Labute approximate surface area is 123 Å². The first kappa shape index (κ1) is 12.3. The third-order valence-corrected chi connectivity index (χ3v) is 4.32. The molecule has 1 aromatic heterocycles. The first-order valence-electron chi connectivity index (χ1n) is 7.37. The summed E-state index contributed by atoms with van der Waals surface area (Å²) in [6, 6.07) is 12.6. The molecule has 3 nitrogen and oxygen atoms in total. The van der Waals surface area contributed by atoms with Gasteiger partial charge in [0.2, 0.25) is 0 Å². The average Bonchev–Trinajstić information content (AvgIpc) is 2.94. The summed E-state index contributed by atoms with van der Waals surface area (Å²) in [5.74, 6) is 1.29. The van der Waals surface area contributed by atoms with Crippen molar-refractivity contribution in [2.45, 2.75) is 26.2 Å². The van der Waals surface area contributed by atoms with Gasteiger partial charge in [-0.3, -0.25) is 0 Å². The molecule has 2 N–H and O–H groups in total. The summed E-state index contributed by atoms with van der Waals surface area (Å²) >= 11 is 0. The van der Waals surface area contributed by atoms with Crippen LogP contribution in [0.2, 0.25) is 0 Å². The maximum absolute atomic E-state index is 6.16. The van der Waals surface area contributed by atoms with Crippen molar-refractivity contribution in [2.24, 2.45) is 0 Å². The van der Waals surface area contributed by atoms with E-state index < -0.39 is 0 Å². The van der Waals surface area contributed by atoms with Gasteiger partial charge in [-0.1, -0.05) is 24.3 Å². The van der Waals surface area contributed by atoms with Gasteiger partial charge in [-0.25, -0.2) is 9.97 Å². The molecule has 0 unspecified atom stereocenters. The van der Waals surface area contributed by atoms with Crippen molar-refractivity contribution in [3.8, 4) is 11.4 Å². The average molecular weight is 275 g/mol. The highest BCUT2D eigenvalue weighted by atomic mass is 14.9. The van der Waals surface area contributed by atoms with E-state index in [9.17, 15) is 0 Å². The molecule has 0 fully saturated rings. The Balaban J connectivity index is 1.91. The zero-order valence-corrected chi connectivity index (χ0v) is 12.1. The van der Waals surface area contributed by atoms with Gasteiger partial charge < -0.3 is 5.73 Å². The lowest BCUT2D eigenvalue weighted by atomic mass is 10.1. The zero-order chi connectivity index (χ0) is 14.4. The summed E-state index contributed by atoms with van der Waals surface area (Å²) in [6.07, 6.45) is 3.60. The van der Waals surface area contributed by atoms with Crippen molar-refractivity contribution in [1.29, 1.82) is 0 Å². The Bertz CT molecular complexity index is 852. The number of anilines is 1. The summed E-state index contributed by atoms with van der Waals surface area (Å²) in [4.78, 5) is 9.23. The number of nitrogen functional groups attached to an aromatic ring is 1. The van der Waals surface area contributed by atoms with Gasteiger partial charge in [-0.15, -0.1) is 0 Å². The molecule has 1 aliphatic carbocycles. The van der Waals surface area contributed by atoms with E-state index in [4.69, 9.17) is 10.7 Å². The van der Waals surface area contributed by atoms with Crippen molar-refractivity contribution >= 4 is 16.7 Å². The van der Waals surface area contributed by atoms with Crippen molar-refractivity contribution in [3.05, 3.63) is 53.1 Å². The van der Waals surface area contributed by atoms with Crippen LogP contribution in [-0.4, -0.2) is 9.97 Å². The SMILES string of the molecule is Cc1cccc2nc(-c3ccc4c(c3)CCC4)nc(N)c12. The molecular weight excluding hydrogens is 258 g/mol. The molecule has 0 bridgehead atoms. The first-order valence-corrected chi connectivity index (χ1v) is 7.37. The molecule has 4 rings (SSSR count). The van der Waals surface area contributed by atoms with E-state index in [0.29, 0.717) is 5.82 Å². The van der Waals surface area contributed by atoms with Crippen LogP contribution in [0.25, 0.3) is 22.3 Å². The molecule has 1 heterocycles. The molecule has 2 aromatic carbocycles. The maximum atomic E-state index is 6.16. The Morgan fingerprint density at radius 3 is 2.76 bits per heavy atom. The van der Waals surface area contributed by atoms with Crippen molar-refractivity contribution < 1.29 is 0 Å². The predicted octanol–water partition coefficient (Wildman–Crippen LogP) is 3.68. The minimum atomic E-state index is 0.564. The van der Waals surface area contributed by atoms with Crippen LogP contribution in [-0.2, 0) is 12.8 Å². The second-order valence-corrected chi connectivity index (χ2v) is 5.74. The number of benzene rings is 2. The molecular formula is C18H17N3. The lowest BCUT2D eigenvalue weighted by Crippen LogP contribution is -1.99. The van der Waals surface area contributed by atoms with E-state index >= 15 is 0 Å². The Kier molecular flexibility index (Phi) is 2.67. The molecule has 0 atom stereocenters. The number of fused-ring (bicyclic) bond motifs is 2. The number of aromatic nitrogens is 2. The highest BCUT2D eigenvalue weighted by Gasteiger charge is 2.14. The van der Waals surface area contributed by atoms with Crippen molar-refractivity contribution in [2.75, 3.05) is 5.73 Å². The van der Waals surface area contributed by atoms with E-state index in [0.717, 1.165) is 34.3 Å². The maximum Gasteiger partial charge on any atom is 0.162 e. The number of rotatable bonds is 1. The third kappa shape index (κ3) is 1.97. The molecule has 0 saturated heterocycles. The normalized spacial score (nSPS) is 13.6. The molecule has 0 radical (unpaired) electrons. The fraction of sp³-hybridized carbons (Fsp3) is 0.222. The Hall–Kier alpha value is -2.42. The minimum absolute atomic E-state index is 0.564. The molecule has 0 spiro atoms. The standard InChI is InChI=1S/C18H17N3/c1-11-4-2-7-15-16(11)17(19)21-18(20-15)14-9-8-12-5-3-6-13(12)10-14/h2,4,7-10H,3,5-6H2,1H3,(H2,19,20,21). The summed E-state index contributed by atoms with van der Waals surface area (Å²) in [5, 5.41) is 0.961. The summed E-state index contributed by atoms with van der Waals surface area (Å²) in [7, 11) is 0. The third-order valence-electron chi connectivity index (χ3n) is 4.32. The van der Waals surface area contributed by atoms with Gasteiger partial charge in [0.1, 0.15) is 5.82 Å². The largest absolute Gasteiger partial charge is 0.383 e. The van der Waals surface area contributed by atoms with Crippen LogP contribution in [0.3, 0.4) is 0 Å². The van der Waals surface area contributed by atoms with Gasteiger partial charge in [0.15, 0.2) is 5.82 Å². The highest BCUT2D eigenvalue weighted by Crippen LogP contribution is 2.29. The van der Waals surface area contributed by atoms with Crippen LogP contribution in [0.1, 0.15) is 23.1 Å². The molecule has 0 amide bonds. The van der Waals surface area contributed by atoms with Gasteiger partial charge in [0.05, 0.1) is 5.52 Å². The number of nitrogens with two attached hydrogens (primary N) is 1. The first-order chi connectivity index (χ1) is 10.2. The van der Waals surface area contributed by atoms with Gasteiger partial charge >= 0.3 is 0 Å². The van der Waals surface area contributed by atoms with E-state index in [1.807, 2.05) is 25.1 Å². The fourth-order valence-corrected chi connectivity index (χ4v) is 3.23. The number of aryl methyl sites for hydroxylation is 3. The van der Waals surface area contributed by atoms with Gasteiger partial charge in [-0.05, 0) is 55.0 Å². The zero-order valence-electron chi connectivity index (χ0n) is 12.1. The van der Waals surface area contributed by atoms with Crippen molar-refractivity contribution in [3.63, 3.8) is 0 Å². The summed E-state index contributed by atoms with van der Waals surface area (Å²) in [6.45, 7) is 2.04. The smallest absolute Gasteiger partial charge is 0.162 e. The molecule has 1 aliphatic rings. The van der Waals surface area contributed by atoms with Gasteiger partial charge in [0, 0.05) is 10.9 Å². The predicted molar refractivity (Wildman–Crippen MR) is 86.1 cm³/mol. The van der Waals surface area contributed by atoms with Crippen molar-refractivity contribution in [1.82, 2.24) is 9.97 Å². The van der Waals surface area contributed by atoms with Crippen LogP contribution in [0.5, 0.6) is 0 Å². The summed E-state index contributed by atoms with van der Waals surface area (Å²) in [5.41, 5.74) is 12.1. The number of nitrogens with zero attached hydrogens (tertiary/aromatic N) is 2. The fourth-order valence-electron chi connectivity index (χ4n) is 3.23. The molecule has 3 aromatic rings. The monoisotopic (exact) mass is 275 g/mol. The lowest BCUT2D eigenvalue weighted by Gasteiger charge is -2.09. The van der Waals surface area contributed by atoms with E-state index in [1.165, 1.54) is 24.0 Å². The second-order valence-electron chi connectivity index (χ2n) is 5.74. The topological polar surface area (TPSA) is 51.8 Å². The van der Waals surface area contributed by atoms with E-state index in [2.05, 4.69) is 23.2 Å². The van der Waals surface area contributed by atoms with Crippen LogP contribution >= 0.6 is 0 Å². The van der Waals surface area contributed by atoms with Crippen LogP contribution in [0, 0.1) is 6.92 Å². The van der Waals surface area contributed by atoms with Crippen LogP contribution in [0.15, 0.2) is 36.4 Å². The molecule has 104 valence electrons. The quantitative estimate of drug-likeness (QED) is 0.737. The van der Waals surface area contributed by atoms with Crippen LogP contribution < -0.4 is 5.73 Å². The minimum Gasteiger partial charge on any atom is -0.383 e. The lowest BCUT2D eigenvalue weighted by molar-refractivity contribution is 0.912. The van der Waals surface area contributed by atoms with Crippen LogP contribution in [0.4, 0.5) is 5.82 Å². The van der Waals surface area contributed by atoms with Gasteiger partial charge in [0.25, 0.3) is 0 Å². The number of hydrogen-bond donors (Lipinski definition) is 1. The summed E-state index contributed by atoms with van der Waals surface area (Å²) < 4.78 is 0. The Morgan fingerprint density at radius 2 is 1.86 bits per heavy atom. The highest BCUT2D eigenvalue weighted by molar-refractivity contribution is 5.92. The van der Waals surface area contributed by atoms with E-state index in [1.54, 1.807) is 0 Å². The molecule has 0 aliphatic heterocycles. The van der Waals surface area contributed by atoms with Gasteiger partial charge in [-0.2, -0.15) is 0 Å².